The van der Waals surface area contributed by atoms with E-state index in [1.807, 2.05) is 0 Å². The first-order chi connectivity index (χ1) is 8.19. The maximum atomic E-state index is 4.94. The highest BCUT2D eigenvalue weighted by Crippen LogP contribution is 2.19. The van der Waals surface area contributed by atoms with E-state index in [2.05, 4.69) is 53.3 Å². The van der Waals surface area contributed by atoms with Crippen LogP contribution in [0.4, 0.5) is 0 Å². The van der Waals surface area contributed by atoms with Gasteiger partial charge in [-0.05, 0) is 35.7 Å². The number of nitrogens with zero attached hydrogens (tertiary/aromatic N) is 1. The average molecular weight is 247 g/mol. The molecule has 1 atom stereocenters. The maximum absolute atomic E-state index is 4.94. The summed E-state index contributed by atoms with van der Waals surface area (Å²) in [4.78, 5) is 4.21. The average Bonchev–Trinajstić information content (AvgIpc) is 2.75. The van der Waals surface area contributed by atoms with Gasteiger partial charge in [0, 0.05) is 6.42 Å². The van der Waals surface area contributed by atoms with Crippen molar-refractivity contribution in [1.29, 1.82) is 0 Å². The Morgan fingerprint density at radius 3 is 2.47 bits per heavy atom. The third kappa shape index (κ3) is 3.03. The summed E-state index contributed by atoms with van der Waals surface area (Å²) in [5, 5.41) is 5.81. The molecule has 1 aromatic carbocycles. The quantitative estimate of drug-likeness (QED) is 0.813. The van der Waals surface area contributed by atoms with Gasteiger partial charge in [-0.2, -0.15) is 0 Å². The first-order valence-electron chi connectivity index (χ1n) is 5.91. The van der Waals surface area contributed by atoms with Crippen LogP contribution in [-0.4, -0.2) is 15.2 Å². The van der Waals surface area contributed by atoms with Gasteiger partial charge in [0.05, 0.1) is 0 Å². The van der Waals surface area contributed by atoms with Gasteiger partial charge in [0.25, 0.3) is 0 Å². The van der Waals surface area contributed by atoms with Gasteiger partial charge in [0.1, 0.15) is 5.82 Å². The van der Waals surface area contributed by atoms with E-state index in [9.17, 15) is 0 Å². The Balaban J connectivity index is 2.08. The van der Waals surface area contributed by atoms with Gasteiger partial charge in [-0.3, -0.25) is 10.2 Å². The summed E-state index contributed by atoms with van der Waals surface area (Å²) in [7, 11) is 0. The highest BCUT2D eigenvalue weighted by atomic mass is 32.1. The molecule has 0 saturated carbocycles. The number of hydrogen-bond donors (Lipinski definition) is 2. The third-order valence-electron chi connectivity index (χ3n) is 3.01. The number of aryl methyl sites for hydroxylation is 1. The van der Waals surface area contributed by atoms with Crippen molar-refractivity contribution in [3.05, 3.63) is 46.0 Å². The van der Waals surface area contributed by atoms with Crippen LogP contribution < -0.4 is 0 Å². The van der Waals surface area contributed by atoms with Gasteiger partial charge < -0.3 is 0 Å². The van der Waals surface area contributed by atoms with Gasteiger partial charge in [-0.1, -0.05) is 38.1 Å². The van der Waals surface area contributed by atoms with Crippen LogP contribution in [0.3, 0.4) is 0 Å². The molecule has 17 heavy (non-hydrogen) atoms. The number of aromatic amines is 2. The maximum Gasteiger partial charge on any atom is 0.213 e. The second kappa shape index (κ2) is 5.27. The van der Waals surface area contributed by atoms with Crippen LogP contribution in [0.5, 0.6) is 0 Å². The standard InChI is InChI=1S/C13H17N3S/c1-3-10-4-6-11(7-5-10)9(2)8-12-14-13(17)16-15-12/h4-7,9H,3,8H2,1-2H3,(H2,14,15,16,17). The molecule has 1 unspecified atom stereocenters. The lowest BCUT2D eigenvalue weighted by atomic mass is 9.96. The summed E-state index contributed by atoms with van der Waals surface area (Å²) in [5.41, 5.74) is 2.71. The molecule has 0 radical (unpaired) electrons. The minimum Gasteiger partial charge on any atom is -0.286 e. The lowest BCUT2D eigenvalue weighted by molar-refractivity contribution is 0.720. The van der Waals surface area contributed by atoms with Crippen molar-refractivity contribution in [1.82, 2.24) is 15.2 Å². The Bertz CT molecular complexity index is 524. The second-order valence-corrected chi connectivity index (χ2v) is 4.70. The van der Waals surface area contributed by atoms with Crippen molar-refractivity contribution in [2.75, 3.05) is 0 Å². The van der Waals surface area contributed by atoms with Crippen LogP contribution in [-0.2, 0) is 12.8 Å². The smallest absolute Gasteiger partial charge is 0.213 e. The zero-order valence-corrected chi connectivity index (χ0v) is 11.0. The first-order valence-corrected chi connectivity index (χ1v) is 6.32. The predicted octanol–water partition coefficient (Wildman–Crippen LogP) is 3.38. The fourth-order valence-corrected chi connectivity index (χ4v) is 2.05. The van der Waals surface area contributed by atoms with Crippen molar-refractivity contribution in [3.8, 4) is 0 Å². The minimum atomic E-state index is 0.440. The first kappa shape index (κ1) is 12.0. The Morgan fingerprint density at radius 1 is 1.24 bits per heavy atom. The number of benzene rings is 1. The Kier molecular flexibility index (Phi) is 3.74. The van der Waals surface area contributed by atoms with Crippen LogP contribution >= 0.6 is 12.2 Å². The van der Waals surface area contributed by atoms with E-state index < -0.39 is 0 Å². The number of H-pyrrole nitrogens is 2. The zero-order valence-electron chi connectivity index (χ0n) is 10.2. The van der Waals surface area contributed by atoms with E-state index in [0.717, 1.165) is 18.7 Å². The lowest BCUT2D eigenvalue weighted by Gasteiger charge is -2.10. The van der Waals surface area contributed by atoms with Crippen LogP contribution in [0.1, 0.15) is 36.7 Å². The number of hydrogen-bond acceptors (Lipinski definition) is 2. The highest BCUT2D eigenvalue weighted by molar-refractivity contribution is 7.71. The van der Waals surface area contributed by atoms with E-state index in [1.165, 1.54) is 11.1 Å². The van der Waals surface area contributed by atoms with Crippen molar-refractivity contribution < 1.29 is 0 Å². The summed E-state index contributed by atoms with van der Waals surface area (Å²) < 4.78 is 0.522. The molecule has 0 saturated heterocycles. The molecule has 1 heterocycles. The van der Waals surface area contributed by atoms with Crippen LogP contribution in [0.15, 0.2) is 24.3 Å². The molecule has 0 aliphatic heterocycles. The Hall–Kier alpha value is -1.42. The number of nitrogens with one attached hydrogen (secondary N) is 2. The van der Waals surface area contributed by atoms with Crippen LogP contribution in [0.2, 0.25) is 0 Å². The summed E-state index contributed by atoms with van der Waals surface area (Å²) in [6.45, 7) is 4.37. The van der Waals surface area contributed by atoms with Gasteiger partial charge in [-0.15, -0.1) is 0 Å². The van der Waals surface area contributed by atoms with Crippen molar-refractivity contribution in [3.63, 3.8) is 0 Å². The molecular formula is C13H17N3S. The normalized spacial score (nSPS) is 12.6. The fraction of sp³-hybridized carbons (Fsp3) is 0.385. The molecule has 0 aliphatic carbocycles. The molecule has 0 aliphatic rings. The third-order valence-corrected chi connectivity index (χ3v) is 3.20. The second-order valence-electron chi connectivity index (χ2n) is 4.31. The van der Waals surface area contributed by atoms with E-state index in [0.29, 0.717) is 10.7 Å². The fourth-order valence-electron chi connectivity index (χ4n) is 1.89. The molecule has 0 amide bonds. The van der Waals surface area contributed by atoms with E-state index >= 15 is 0 Å². The summed E-state index contributed by atoms with van der Waals surface area (Å²) in [6, 6.07) is 8.78. The molecule has 2 rings (SSSR count). The van der Waals surface area contributed by atoms with Crippen molar-refractivity contribution in [2.45, 2.75) is 32.6 Å². The molecule has 2 N–H and O–H groups in total. The van der Waals surface area contributed by atoms with Crippen molar-refractivity contribution >= 4 is 12.2 Å². The molecule has 2 aromatic rings. The Morgan fingerprint density at radius 2 is 1.94 bits per heavy atom. The summed E-state index contributed by atoms with van der Waals surface area (Å²) >= 11 is 4.94. The van der Waals surface area contributed by atoms with E-state index in [1.54, 1.807) is 0 Å². The van der Waals surface area contributed by atoms with Gasteiger partial charge in [0.2, 0.25) is 4.77 Å². The molecule has 0 bridgehead atoms. The van der Waals surface area contributed by atoms with Gasteiger partial charge >= 0.3 is 0 Å². The molecule has 0 spiro atoms. The zero-order chi connectivity index (χ0) is 12.3. The van der Waals surface area contributed by atoms with E-state index in [-0.39, 0.29) is 0 Å². The number of aromatic nitrogens is 3. The van der Waals surface area contributed by atoms with Gasteiger partial charge in [-0.25, -0.2) is 4.98 Å². The highest BCUT2D eigenvalue weighted by Gasteiger charge is 2.08. The molecule has 1 aromatic heterocycles. The summed E-state index contributed by atoms with van der Waals surface area (Å²) in [6.07, 6.45) is 1.96. The molecule has 0 fully saturated rings. The number of rotatable bonds is 4. The lowest BCUT2D eigenvalue weighted by Crippen LogP contribution is -2.00. The van der Waals surface area contributed by atoms with Gasteiger partial charge in [0.15, 0.2) is 0 Å². The molecule has 4 heteroatoms. The Labute approximate surface area is 106 Å². The monoisotopic (exact) mass is 247 g/mol. The topological polar surface area (TPSA) is 44.5 Å². The van der Waals surface area contributed by atoms with Crippen molar-refractivity contribution in [2.24, 2.45) is 0 Å². The minimum absolute atomic E-state index is 0.440. The SMILES string of the molecule is CCc1ccc(C(C)Cc2nc(=S)[nH][nH]2)cc1. The molecule has 90 valence electrons. The van der Waals surface area contributed by atoms with Crippen LogP contribution in [0, 0.1) is 4.77 Å². The largest absolute Gasteiger partial charge is 0.286 e. The predicted molar refractivity (Wildman–Crippen MR) is 71.7 cm³/mol. The molecule has 3 nitrogen and oxygen atoms in total. The van der Waals surface area contributed by atoms with Crippen LogP contribution in [0.25, 0.3) is 0 Å². The van der Waals surface area contributed by atoms with E-state index in [4.69, 9.17) is 12.2 Å². The molecular weight excluding hydrogens is 230 g/mol. The summed E-state index contributed by atoms with van der Waals surface area (Å²) in [5.74, 6) is 1.36.